The molecule has 0 bridgehead atoms. The van der Waals surface area contributed by atoms with E-state index >= 15 is 0 Å². The highest BCUT2D eigenvalue weighted by molar-refractivity contribution is 5.99. The van der Waals surface area contributed by atoms with Gasteiger partial charge in [0, 0.05) is 0 Å². The molecule has 0 saturated carbocycles. The van der Waals surface area contributed by atoms with Gasteiger partial charge in [-0.25, -0.2) is 19.9 Å². The SMILES string of the molecule is N#CC(C#N)=C1c2nc(C#N)c(C#N)nc2-c2nc(C#N)c(C#N)nc21. The molecule has 3 rings (SSSR count). The van der Waals surface area contributed by atoms with Crippen molar-refractivity contribution in [2.45, 2.75) is 0 Å². The zero-order chi connectivity index (χ0) is 18.8. The molecule has 2 heterocycles. The maximum Gasteiger partial charge on any atom is 0.177 e. The summed E-state index contributed by atoms with van der Waals surface area (Å²) in [5.74, 6) is 0. The van der Waals surface area contributed by atoms with Crippen LogP contribution in [0.2, 0.25) is 0 Å². The van der Waals surface area contributed by atoms with Crippen molar-refractivity contribution < 1.29 is 0 Å². The zero-order valence-electron chi connectivity index (χ0n) is 12.5. The first-order valence-electron chi connectivity index (χ1n) is 6.63. The number of hydrogen-bond donors (Lipinski definition) is 0. The second kappa shape index (κ2) is 5.80. The van der Waals surface area contributed by atoms with Crippen molar-refractivity contribution in [2.24, 2.45) is 0 Å². The van der Waals surface area contributed by atoms with Crippen LogP contribution in [0.3, 0.4) is 0 Å². The molecular formula is C16N10. The van der Waals surface area contributed by atoms with Crippen LogP contribution in [-0.2, 0) is 0 Å². The van der Waals surface area contributed by atoms with E-state index in [4.69, 9.17) is 21.0 Å². The van der Waals surface area contributed by atoms with Crippen LogP contribution < -0.4 is 0 Å². The number of rotatable bonds is 0. The molecule has 0 atom stereocenters. The van der Waals surface area contributed by atoms with Crippen LogP contribution in [0.25, 0.3) is 17.0 Å². The van der Waals surface area contributed by atoms with E-state index in [1.54, 1.807) is 36.4 Å². The minimum absolute atomic E-state index is 0.00189. The van der Waals surface area contributed by atoms with Crippen LogP contribution in [0, 0.1) is 68.0 Å². The van der Waals surface area contributed by atoms with Crippen molar-refractivity contribution in [3.8, 4) is 47.8 Å². The molecular weight excluding hydrogens is 332 g/mol. The molecule has 0 fully saturated rings. The van der Waals surface area contributed by atoms with Crippen molar-refractivity contribution in [2.75, 3.05) is 0 Å². The van der Waals surface area contributed by atoms with E-state index in [1.165, 1.54) is 0 Å². The van der Waals surface area contributed by atoms with Crippen molar-refractivity contribution in [3.05, 3.63) is 39.7 Å². The van der Waals surface area contributed by atoms with Gasteiger partial charge in [0.25, 0.3) is 0 Å². The maximum atomic E-state index is 9.23. The van der Waals surface area contributed by atoms with Crippen molar-refractivity contribution in [3.63, 3.8) is 0 Å². The minimum atomic E-state index is -0.379. The maximum absolute atomic E-state index is 9.23. The molecule has 0 saturated heterocycles. The van der Waals surface area contributed by atoms with Gasteiger partial charge in [0.2, 0.25) is 0 Å². The van der Waals surface area contributed by atoms with Crippen LogP contribution in [-0.4, -0.2) is 19.9 Å². The molecule has 2 aromatic rings. The van der Waals surface area contributed by atoms with Crippen LogP contribution in [0.4, 0.5) is 0 Å². The van der Waals surface area contributed by atoms with Gasteiger partial charge in [0.05, 0.1) is 5.57 Å². The fourth-order valence-corrected chi connectivity index (χ4v) is 2.35. The third-order valence-electron chi connectivity index (χ3n) is 3.39. The van der Waals surface area contributed by atoms with E-state index < -0.39 is 0 Å². The van der Waals surface area contributed by atoms with Crippen LogP contribution in [0.1, 0.15) is 34.2 Å². The Bertz CT molecular complexity index is 1190. The molecule has 26 heavy (non-hydrogen) atoms. The standard InChI is InChI=1S/C16N10/c17-1-7(2-18)12-13-15(25-10(5-21)8(3-19)23-13)16-14(12)24-9(4-20)11(6-22)26-16. The Morgan fingerprint density at radius 3 is 1.08 bits per heavy atom. The van der Waals surface area contributed by atoms with E-state index in [0.29, 0.717) is 0 Å². The molecule has 10 nitrogen and oxygen atoms in total. The Morgan fingerprint density at radius 2 is 0.808 bits per heavy atom. The quantitative estimate of drug-likeness (QED) is 0.525. The molecule has 1 aliphatic rings. The molecule has 0 radical (unpaired) electrons. The summed E-state index contributed by atoms with van der Waals surface area (Å²) in [5.41, 5.74) is -1.65. The summed E-state index contributed by atoms with van der Waals surface area (Å²) in [4.78, 5) is 16.1. The van der Waals surface area contributed by atoms with Gasteiger partial charge in [-0.2, -0.15) is 31.6 Å². The minimum Gasteiger partial charge on any atom is -0.232 e. The lowest BCUT2D eigenvalue weighted by molar-refractivity contribution is 1.10. The lowest BCUT2D eigenvalue weighted by Crippen LogP contribution is -2.00. The van der Waals surface area contributed by atoms with E-state index in [2.05, 4.69) is 19.9 Å². The second-order valence-electron chi connectivity index (χ2n) is 4.66. The fourth-order valence-electron chi connectivity index (χ4n) is 2.35. The Hall–Kier alpha value is -5.16. The molecule has 0 N–H and O–H groups in total. The third-order valence-corrected chi connectivity index (χ3v) is 3.39. The molecule has 0 unspecified atom stereocenters. The summed E-state index contributed by atoms with van der Waals surface area (Å²) in [7, 11) is 0. The first-order chi connectivity index (χ1) is 12.6. The number of aromatic nitrogens is 4. The molecule has 0 spiro atoms. The summed E-state index contributed by atoms with van der Waals surface area (Å²) >= 11 is 0. The van der Waals surface area contributed by atoms with Gasteiger partial charge in [-0.15, -0.1) is 0 Å². The first kappa shape index (κ1) is 15.7. The van der Waals surface area contributed by atoms with E-state index in [-0.39, 0.29) is 56.7 Å². The molecule has 0 amide bonds. The topological polar surface area (TPSA) is 194 Å². The smallest absolute Gasteiger partial charge is 0.177 e. The summed E-state index contributed by atoms with van der Waals surface area (Å²) in [6, 6.07) is 10.3. The van der Waals surface area contributed by atoms with E-state index in [0.717, 1.165) is 0 Å². The van der Waals surface area contributed by atoms with Gasteiger partial charge in [-0.3, -0.25) is 0 Å². The fraction of sp³-hybridized carbons (Fsp3) is 0. The van der Waals surface area contributed by atoms with Crippen LogP contribution in [0.5, 0.6) is 0 Å². The molecule has 114 valence electrons. The normalized spacial score (nSPS) is 10.0. The summed E-state index contributed by atoms with van der Waals surface area (Å²) < 4.78 is 0. The molecule has 0 aromatic carbocycles. The van der Waals surface area contributed by atoms with Gasteiger partial charge in [0.1, 0.15) is 64.8 Å². The van der Waals surface area contributed by atoms with Crippen LogP contribution in [0.15, 0.2) is 5.57 Å². The number of hydrogen-bond acceptors (Lipinski definition) is 10. The third kappa shape index (κ3) is 1.99. The predicted molar refractivity (Wildman–Crippen MR) is 79.2 cm³/mol. The average molecular weight is 332 g/mol. The van der Waals surface area contributed by atoms with E-state index in [9.17, 15) is 10.5 Å². The molecule has 10 heteroatoms. The molecule has 0 aliphatic heterocycles. The Morgan fingerprint density at radius 1 is 0.500 bits per heavy atom. The first-order valence-corrected chi connectivity index (χ1v) is 6.63. The van der Waals surface area contributed by atoms with Gasteiger partial charge in [-0.1, -0.05) is 0 Å². The molecule has 2 aromatic heterocycles. The van der Waals surface area contributed by atoms with Crippen molar-refractivity contribution in [1.29, 1.82) is 31.6 Å². The number of fused-ring (bicyclic) bond motifs is 3. The van der Waals surface area contributed by atoms with Gasteiger partial charge in [-0.05, 0) is 0 Å². The lowest BCUT2D eigenvalue weighted by Gasteiger charge is -2.01. The highest BCUT2D eigenvalue weighted by Crippen LogP contribution is 2.42. The summed E-state index contributed by atoms with van der Waals surface area (Å²) in [6.45, 7) is 0. The number of nitriles is 6. The summed E-state index contributed by atoms with van der Waals surface area (Å²) in [5, 5.41) is 55.0. The van der Waals surface area contributed by atoms with Crippen molar-refractivity contribution >= 4 is 5.57 Å². The highest BCUT2D eigenvalue weighted by atomic mass is 14.9. The second-order valence-corrected chi connectivity index (χ2v) is 4.66. The average Bonchev–Trinajstić information content (AvgIpc) is 2.99. The van der Waals surface area contributed by atoms with E-state index in [1.807, 2.05) is 0 Å². The van der Waals surface area contributed by atoms with Gasteiger partial charge >= 0.3 is 0 Å². The molecule has 1 aliphatic carbocycles. The largest absolute Gasteiger partial charge is 0.232 e. The zero-order valence-corrected chi connectivity index (χ0v) is 12.5. The van der Waals surface area contributed by atoms with Crippen molar-refractivity contribution in [1.82, 2.24) is 19.9 Å². The Labute approximate surface area is 145 Å². The monoisotopic (exact) mass is 332 g/mol. The number of nitrogens with zero attached hydrogens (tertiary/aromatic N) is 10. The Kier molecular flexibility index (Phi) is 3.51. The lowest BCUT2D eigenvalue weighted by atomic mass is 10.1. The Balaban J connectivity index is 2.55. The van der Waals surface area contributed by atoms with Gasteiger partial charge < -0.3 is 0 Å². The number of allylic oxidation sites excluding steroid dienone is 1. The summed E-state index contributed by atoms with van der Waals surface area (Å²) in [6.07, 6.45) is 0. The predicted octanol–water partition coefficient (Wildman–Crippen LogP) is 0.583. The van der Waals surface area contributed by atoms with Crippen LogP contribution >= 0.6 is 0 Å². The van der Waals surface area contributed by atoms with Gasteiger partial charge in [0.15, 0.2) is 22.8 Å². The highest BCUT2D eigenvalue weighted by Gasteiger charge is 2.35.